The molecule has 1 aromatic carbocycles. The molecule has 1 rings (SSSR count). The van der Waals surface area contributed by atoms with Crippen LogP contribution in [-0.4, -0.2) is 14.5 Å². The van der Waals surface area contributed by atoms with Crippen molar-refractivity contribution >= 4 is 10.1 Å². The van der Waals surface area contributed by atoms with Crippen molar-refractivity contribution in [1.29, 1.82) is 0 Å². The minimum atomic E-state index is -3.59. The Bertz CT molecular complexity index is 406. The molecule has 0 saturated heterocycles. The summed E-state index contributed by atoms with van der Waals surface area (Å²) in [6, 6.07) is 6.64. The molecular weight excluding hydrogens is 216 g/mol. The lowest BCUT2D eigenvalue weighted by molar-refractivity contribution is 0.224. The van der Waals surface area contributed by atoms with Crippen LogP contribution in [0.25, 0.3) is 0 Å². The first kappa shape index (κ1) is 12.2. The molecule has 0 radical (unpaired) electrons. The second kappa shape index (κ2) is 4.77. The van der Waals surface area contributed by atoms with E-state index in [0.717, 1.165) is 5.56 Å². The van der Waals surface area contributed by atoms with Gasteiger partial charge in [-0.3, -0.25) is 4.18 Å². The summed E-state index contributed by atoms with van der Waals surface area (Å²) in [5.41, 5.74) is 1.03. The molecule has 0 aliphatic heterocycles. The molecule has 4 heteroatoms. The average molecular weight is 232 g/mol. The smallest absolute Gasteiger partial charge is 0.263 e. The Balaban J connectivity index is 2.91. The first-order valence-corrected chi connectivity index (χ1v) is 6.36. The first-order chi connectivity index (χ1) is 6.95. The van der Waals surface area contributed by atoms with Gasteiger partial charge in [-0.2, -0.15) is 8.42 Å². The average Bonchev–Trinajstić information content (AvgIpc) is 2.17. The van der Waals surface area contributed by atoms with Gasteiger partial charge in [-0.1, -0.05) is 24.6 Å². The van der Waals surface area contributed by atoms with Gasteiger partial charge in [-0.15, -0.1) is 0 Å². The zero-order chi connectivity index (χ0) is 11.5. The molecular formula is C11H16O3S. The number of hydrogen-bond acceptors (Lipinski definition) is 3. The summed E-state index contributed by atoms with van der Waals surface area (Å²) in [6.07, 6.45) is 0.391. The van der Waals surface area contributed by atoms with E-state index in [1.165, 1.54) is 0 Å². The molecule has 2 atom stereocenters. The molecule has 0 fully saturated rings. The van der Waals surface area contributed by atoms with Crippen molar-refractivity contribution < 1.29 is 12.6 Å². The highest BCUT2D eigenvalue weighted by molar-refractivity contribution is 7.86. The number of hydrogen-bond donors (Lipinski definition) is 0. The molecule has 0 spiro atoms. The van der Waals surface area contributed by atoms with Crippen LogP contribution in [0.4, 0.5) is 0 Å². The third kappa shape index (κ3) is 3.32. The maximum atomic E-state index is 11.7. The summed E-state index contributed by atoms with van der Waals surface area (Å²) >= 11 is 0. The highest BCUT2D eigenvalue weighted by atomic mass is 32.3. The van der Waals surface area contributed by atoms with Crippen molar-refractivity contribution in [3.05, 3.63) is 29.8 Å². The monoisotopic (exact) mass is 232 g/mol. The lowest BCUT2D eigenvalue weighted by Gasteiger charge is -2.10. The van der Waals surface area contributed by atoms with Crippen molar-refractivity contribution in [2.75, 3.05) is 0 Å². The van der Waals surface area contributed by atoms with Gasteiger partial charge < -0.3 is 0 Å². The molecule has 1 unspecified atom stereocenters. The van der Waals surface area contributed by atoms with Crippen LogP contribution in [0.5, 0.6) is 0 Å². The second-order valence-corrected chi connectivity index (χ2v) is 5.15. The second-order valence-electron chi connectivity index (χ2n) is 3.58. The summed E-state index contributed by atoms with van der Waals surface area (Å²) < 4.78 is 28.4. The molecule has 3 nitrogen and oxygen atoms in total. The van der Waals surface area contributed by atoms with Crippen LogP contribution in [0.1, 0.15) is 25.8 Å². The van der Waals surface area contributed by atoms with Gasteiger partial charge in [0, 0.05) is 0 Å². The van der Waals surface area contributed by atoms with Gasteiger partial charge in [0.05, 0.1) is 11.0 Å². The summed E-state index contributed by atoms with van der Waals surface area (Å²) in [7, 11) is -3.59. The Kier molecular flexibility index (Phi) is 3.88. The fraction of sp³-hybridized carbons (Fsp3) is 0.455. The van der Waals surface area contributed by atoms with Crippen LogP contribution in [-0.2, 0) is 14.3 Å². The molecule has 0 heterocycles. The van der Waals surface area contributed by atoms with Crippen LogP contribution < -0.4 is 0 Å². The predicted molar refractivity (Wildman–Crippen MR) is 59.2 cm³/mol. The third-order valence-corrected chi connectivity index (χ3v) is 3.61. The van der Waals surface area contributed by atoms with E-state index in [1.807, 2.05) is 13.8 Å². The largest absolute Gasteiger partial charge is 0.297 e. The van der Waals surface area contributed by atoms with E-state index >= 15 is 0 Å². The Labute approximate surface area is 91.2 Å². The van der Waals surface area contributed by atoms with Crippen molar-refractivity contribution in [2.45, 2.75) is 38.2 Å². The SMILES string of the molecule is CC[C@H](C)[18O]S(=O)(=[18O])c1ccc(C)cc1. The lowest BCUT2D eigenvalue weighted by Crippen LogP contribution is -2.14. The van der Waals surface area contributed by atoms with Crippen LogP contribution >= 0.6 is 0 Å². The van der Waals surface area contributed by atoms with E-state index in [1.54, 1.807) is 31.2 Å². The minimum Gasteiger partial charge on any atom is -0.263 e. The molecule has 0 aliphatic carbocycles. The summed E-state index contributed by atoms with van der Waals surface area (Å²) in [5.74, 6) is 0. The van der Waals surface area contributed by atoms with Gasteiger partial charge in [0.2, 0.25) is 0 Å². The van der Waals surface area contributed by atoms with Gasteiger partial charge in [0.15, 0.2) is 0 Å². The zero-order valence-electron chi connectivity index (χ0n) is 9.23. The molecule has 0 N–H and O–H groups in total. The number of rotatable bonds is 4. The molecule has 0 bridgehead atoms. The molecule has 84 valence electrons. The van der Waals surface area contributed by atoms with E-state index in [2.05, 4.69) is 0 Å². The topological polar surface area (TPSA) is 43.4 Å². The summed E-state index contributed by atoms with van der Waals surface area (Å²) in [6.45, 7) is 5.53. The van der Waals surface area contributed by atoms with Gasteiger partial charge in [-0.05, 0) is 32.4 Å². The fourth-order valence-corrected chi connectivity index (χ4v) is 2.19. The van der Waals surface area contributed by atoms with Gasteiger partial charge in [0.25, 0.3) is 10.1 Å². The molecule has 1 aromatic rings. The van der Waals surface area contributed by atoms with E-state index in [-0.39, 0.29) is 11.0 Å². The first-order valence-electron chi connectivity index (χ1n) is 4.95. The number of benzene rings is 1. The van der Waals surface area contributed by atoms with Crippen LogP contribution in [0.3, 0.4) is 0 Å². The fourth-order valence-electron chi connectivity index (χ4n) is 1.04. The molecule has 0 amide bonds. The highest BCUT2D eigenvalue weighted by Crippen LogP contribution is 2.15. The van der Waals surface area contributed by atoms with Gasteiger partial charge in [0.1, 0.15) is 0 Å². The summed E-state index contributed by atoms with van der Waals surface area (Å²) in [5, 5.41) is 0. The molecule has 0 saturated carbocycles. The molecule has 0 aliphatic rings. The Morgan fingerprint density at radius 1 is 1.40 bits per heavy atom. The van der Waals surface area contributed by atoms with Crippen molar-refractivity contribution in [3.63, 3.8) is 0 Å². The van der Waals surface area contributed by atoms with Crippen LogP contribution in [0, 0.1) is 6.92 Å². The maximum Gasteiger partial charge on any atom is 0.297 e. The van der Waals surface area contributed by atoms with E-state index < -0.39 is 10.1 Å². The normalized spacial score (nSPS) is 17.0. The van der Waals surface area contributed by atoms with Gasteiger partial charge in [-0.25, -0.2) is 0 Å². The quantitative estimate of drug-likeness (QED) is 0.591. The minimum absolute atomic E-state index is 0.216. The van der Waals surface area contributed by atoms with E-state index in [0.29, 0.717) is 6.42 Å². The zero-order valence-corrected chi connectivity index (χ0v) is 10.0. The van der Waals surface area contributed by atoms with Crippen LogP contribution in [0.15, 0.2) is 29.2 Å². The van der Waals surface area contributed by atoms with E-state index in [9.17, 15) is 8.42 Å². The molecule has 0 aromatic heterocycles. The Morgan fingerprint density at radius 3 is 2.40 bits per heavy atom. The third-order valence-electron chi connectivity index (χ3n) is 2.18. The van der Waals surface area contributed by atoms with Crippen molar-refractivity contribution in [2.24, 2.45) is 0 Å². The molecule has 15 heavy (non-hydrogen) atoms. The summed E-state index contributed by atoms with van der Waals surface area (Å²) in [4.78, 5) is 0.216. The Morgan fingerprint density at radius 2 is 1.93 bits per heavy atom. The maximum absolute atomic E-state index is 11.7. The highest BCUT2D eigenvalue weighted by Gasteiger charge is 2.17. The van der Waals surface area contributed by atoms with Crippen molar-refractivity contribution in [3.8, 4) is 0 Å². The van der Waals surface area contributed by atoms with E-state index in [4.69, 9.17) is 4.18 Å². The van der Waals surface area contributed by atoms with Gasteiger partial charge >= 0.3 is 0 Å². The standard InChI is InChI=1S/C11H16O3S/c1-4-10(3)14-15(12,13)11-7-5-9(2)6-8-11/h5-8,10H,4H2,1-3H3/t10-/m0/s1/i12+2,14+2/t10-,15?. The van der Waals surface area contributed by atoms with Crippen molar-refractivity contribution in [1.82, 2.24) is 0 Å². The Hall–Kier alpha value is -0.870. The van der Waals surface area contributed by atoms with Crippen LogP contribution in [0.2, 0.25) is 0 Å². The number of aryl methyl sites for hydroxylation is 1. The predicted octanol–water partition coefficient (Wildman–Crippen LogP) is 2.50. The lowest BCUT2D eigenvalue weighted by atomic mass is 10.2.